The van der Waals surface area contributed by atoms with Crippen molar-refractivity contribution in [2.45, 2.75) is 46.3 Å². The molecule has 0 saturated carbocycles. The van der Waals surface area contributed by atoms with Gasteiger partial charge in [-0.15, -0.1) is 5.10 Å². The summed E-state index contributed by atoms with van der Waals surface area (Å²) in [4.78, 5) is 11.3. The zero-order valence-electron chi connectivity index (χ0n) is 12.1. The van der Waals surface area contributed by atoms with Crippen molar-refractivity contribution in [1.29, 1.82) is 0 Å². The highest BCUT2D eigenvalue weighted by Gasteiger charge is 2.29. The van der Waals surface area contributed by atoms with Crippen LogP contribution in [0.5, 0.6) is 0 Å². The maximum Gasteiger partial charge on any atom is 0.308 e. The predicted molar refractivity (Wildman–Crippen MR) is 68.4 cm³/mol. The molecule has 1 unspecified atom stereocenters. The summed E-state index contributed by atoms with van der Waals surface area (Å²) in [5.41, 5.74) is -0.648. The number of tetrazole rings is 1. The van der Waals surface area contributed by atoms with Crippen molar-refractivity contribution in [3.8, 4) is 0 Å². The Bertz CT molecular complexity index is 428. The number of nitrogens with zero attached hydrogens (tertiary/aromatic N) is 4. The van der Waals surface area contributed by atoms with Gasteiger partial charge in [0.1, 0.15) is 5.60 Å². The number of ether oxygens (including phenoxy) is 1. The van der Waals surface area contributed by atoms with E-state index in [1.807, 2.05) is 27.7 Å². The molecule has 0 aliphatic heterocycles. The molecular weight excluding hydrogens is 248 g/mol. The van der Waals surface area contributed by atoms with E-state index in [0.29, 0.717) is 18.2 Å². The second-order valence-corrected chi connectivity index (χ2v) is 5.56. The molecule has 0 aromatic carbocycles. The average molecular weight is 270 g/mol. The number of methoxy groups -OCH3 is 1. The molecule has 0 amide bonds. The lowest BCUT2D eigenvalue weighted by Gasteiger charge is -2.23. The molecule has 1 aromatic heterocycles. The fraction of sp³-hybridized carbons (Fsp3) is 0.833. The molecule has 0 aliphatic rings. The number of aliphatic carboxylic acids is 1. The smallest absolute Gasteiger partial charge is 0.308 e. The van der Waals surface area contributed by atoms with Crippen molar-refractivity contribution in [2.75, 3.05) is 7.11 Å². The van der Waals surface area contributed by atoms with Gasteiger partial charge in [-0.05, 0) is 36.6 Å². The molecule has 1 atom stereocenters. The average Bonchev–Trinajstić information content (AvgIpc) is 2.76. The normalized spacial score (nSPS) is 13.8. The zero-order valence-corrected chi connectivity index (χ0v) is 12.1. The van der Waals surface area contributed by atoms with Gasteiger partial charge >= 0.3 is 5.97 Å². The minimum Gasteiger partial charge on any atom is -0.481 e. The highest BCUT2D eigenvalue weighted by molar-refractivity contribution is 5.69. The number of hydrogen-bond acceptors (Lipinski definition) is 5. The molecule has 7 nitrogen and oxygen atoms in total. The second-order valence-electron chi connectivity index (χ2n) is 5.56. The van der Waals surface area contributed by atoms with Gasteiger partial charge in [0.05, 0.1) is 12.5 Å². The molecule has 0 bridgehead atoms. The SMILES string of the molecule is COC(C)(C)c1nnnn1CC(CC(C)C)C(=O)O. The van der Waals surface area contributed by atoms with Crippen LogP contribution >= 0.6 is 0 Å². The zero-order chi connectivity index (χ0) is 14.6. The van der Waals surface area contributed by atoms with Gasteiger partial charge in [-0.1, -0.05) is 13.8 Å². The van der Waals surface area contributed by atoms with Gasteiger partial charge in [0, 0.05) is 7.11 Å². The van der Waals surface area contributed by atoms with E-state index in [-0.39, 0.29) is 6.54 Å². The molecule has 0 aliphatic carbocycles. The van der Waals surface area contributed by atoms with Gasteiger partial charge in [0.25, 0.3) is 0 Å². The number of carboxylic acids is 1. The molecule has 1 N–H and O–H groups in total. The van der Waals surface area contributed by atoms with E-state index >= 15 is 0 Å². The Morgan fingerprint density at radius 3 is 2.58 bits per heavy atom. The van der Waals surface area contributed by atoms with Gasteiger partial charge in [0.15, 0.2) is 5.82 Å². The minimum atomic E-state index is -0.828. The molecule has 1 aromatic rings. The third kappa shape index (κ3) is 3.99. The Balaban J connectivity index is 2.92. The van der Waals surface area contributed by atoms with E-state index in [1.54, 1.807) is 7.11 Å². The second kappa shape index (κ2) is 6.10. The molecule has 108 valence electrons. The maximum atomic E-state index is 11.3. The highest BCUT2D eigenvalue weighted by Crippen LogP contribution is 2.22. The summed E-state index contributed by atoms with van der Waals surface area (Å²) in [6, 6.07) is 0. The van der Waals surface area contributed by atoms with E-state index < -0.39 is 17.5 Å². The molecular formula is C12H22N4O3. The van der Waals surface area contributed by atoms with Gasteiger partial charge < -0.3 is 9.84 Å². The van der Waals surface area contributed by atoms with Crippen molar-refractivity contribution in [1.82, 2.24) is 20.2 Å². The Morgan fingerprint density at radius 1 is 1.47 bits per heavy atom. The predicted octanol–water partition coefficient (Wildman–Crippen LogP) is 1.30. The summed E-state index contributed by atoms with van der Waals surface area (Å²) < 4.78 is 6.85. The van der Waals surface area contributed by atoms with Crippen LogP contribution in [0.2, 0.25) is 0 Å². The van der Waals surface area contributed by atoms with Gasteiger partial charge in [0.2, 0.25) is 0 Å². The Kier molecular flexibility index (Phi) is 4.99. The monoisotopic (exact) mass is 270 g/mol. The van der Waals surface area contributed by atoms with Crippen LogP contribution in [0.1, 0.15) is 39.9 Å². The van der Waals surface area contributed by atoms with Crippen molar-refractivity contribution in [3.63, 3.8) is 0 Å². The van der Waals surface area contributed by atoms with Crippen LogP contribution in [-0.2, 0) is 21.7 Å². The number of aromatic nitrogens is 4. The van der Waals surface area contributed by atoms with Crippen molar-refractivity contribution >= 4 is 5.97 Å². The summed E-state index contributed by atoms with van der Waals surface area (Å²) in [6.07, 6.45) is 0.585. The number of carboxylic acid groups (broad SMARTS) is 1. The molecule has 1 rings (SSSR count). The van der Waals surface area contributed by atoms with Gasteiger partial charge in [-0.2, -0.15) is 0 Å². The van der Waals surface area contributed by atoms with E-state index in [9.17, 15) is 9.90 Å². The number of hydrogen-bond donors (Lipinski definition) is 1. The molecule has 0 fully saturated rings. The molecule has 1 heterocycles. The van der Waals surface area contributed by atoms with Crippen LogP contribution < -0.4 is 0 Å². The van der Waals surface area contributed by atoms with Crippen LogP contribution in [-0.4, -0.2) is 38.4 Å². The third-order valence-corrected chi connectivity index (χ3v) is 3.08. The van der Waals surface area contributed by atoms with Crippen molar-refractivity contribution < 1.29 is 14.6 Å². The van der Waals surface area contributed by atoms with Gasteiger partial charge in [-0.25, -0.2) is 4.68 Å². The molecule has 0 radical (unpaired) electrons. The first kappa shape index (κ1) is 15.6. The fourth-order valence-electron chi connectivity index (χ4n) is 1.88. The minimum absolute atomic E-state index is 0.253. The summed E-state index contributed by atoms with van der Waals surface area (Å²) in [6.45, 7) is 7.93. The van der Waals surface area contributed by atoms with E-state index in [1.165, 1.54) is 4.68 Å². The highest BCUT2D eigenvalue weighted by atomic mass is 16.5. The van der Waals surface area contributed by atoms with Crippen molar-refractivity contribution in [3.05, 3.63) is 5.82 Å². The first-order chi connectivity index (χ1) is 8.77. The lowest BCUT2D eigenvalue weighted by Crippen LogP contribution is -2.29. The Hall–Kier alpha value is -1.50. The standard InChI is InChI=1S/C12H22N4O3/c1-8(2)6-9(10(17)18)7-16-11(13-14-15-16)12(3,4)19-5/h8-9H,6-7H2,1-5H3,(H,17,18). The Labute approximate surface area is 112 Å². The van der Waals surface area contributed by atoms with Crippen molar-refractivity contribution in [2.24, 2.45) is 11.8 Å². The summed E-state index contributed by atoms with van der Waals surface area (Å²) in [5, 5.41) is 20.7. The van der Waals surface area contributed by atoms with Gasteiger partial charge in [-0.3, -0.25) is 4.79 Å². The molecule has 19 heavy (non-hydrogen) atoms. The summed E-state index contributed by atoms with van der Waals surface area (Å²) in [7, 11) is 1.57. The van der Waals surface area contributed by atoms with Crippen LogP contribution in [0.25, 0.3) is 0 Å². The van der Waals surface area contributed by atoms with E-state index in [0.717, 1.165) is 0 Å². The number of carbonyl (C=O) groups is 1. The summed E-state index contributed by atoms with van der Waals surface area (Å²) in [5.74, 6) is -0.498. The lowest BCUT2D eigenvalue weighted by atomic mass is 9.97. The first-order valence-electron chi connectivity index (χ1n) is 6.32. The van der Waals surface area contributed by atoms with Crippen LogP contribution in [0.4, 0.5) is 0 Å². The van der Waals surface area contributed by atoms with Crippen LogP contribution in [0, 0.1) is 11.8 Å². The first-order valence-corrected chi connectivity index (χ1v) is 6.32. The van der Waals surface area contributed by atoms with Crippen LogP contribution in [0.3, 0.4) is 0 Å². The van der Waals surface area contributed by atoms with Crippen LogP contribution in [0.15, 0.2) is 0 Å². The molecule has 7 heteroatoms. The molecule has 0 spiro atoms. The largest absolute Gasteiger partial charge is 0.481 e. The maximum absolute atomic E-state index is 11.3. The Morgan fingerprint density at radius 2 is 2.11 bits per heavy atom. The topological polar surface area (TPSA) is 90.1 Å². The summed E-state index contributed by atoms with van der Waals surface area (Å²) >= 11 is 0. The lowest BCUT2D eigenvalue weighted by molar-refractivity contribution is -0.143. The quantitative estimate of drug-likeness (QED) is 0.803. The van der Waals surface area contributed by atoms with E-state index in [4.69, 9.17) is 4.74 Å². The number of rotatable bonds is 7. The fourth-order valence-corrected chi connectivity index (χ4v) is 1.88. The molecule has 0 saturated heterocycles. The third-order valence-electron chi connectivity index (χ3n) is 3.08. The van der Waals surface area contributed by atoms with E-state index in [2.05, 4.69) is 15.5 Å².